The predicted octanol–water partition coefficient (Wildman–Crippen LogP) is 1.75. The molecule has 0 aromatic heterocycles. The monoisotopic (exact) mass is 348 g/mol. The lowest BCUT2D eigenvalue weighted by Crippen LogP contribution is -2.38. The summed E-state index contributed by atoms with van der Waals surface area (Å²) in [5.74, 6) is 3.10. The van der Waals surface area contributed by atoms with Gasteiger partial charge in [-0.2, -0.15) is 0 Å². The first-order valence-electron chi connectivity index (χ1n) is 9.07. The zero-order chi connectivity index (χ0) is 18.1. The van der Waals surface area contributed by atoms with Gasteiger partial charge in [0.05, 0.1) is 14.2 Å². The highest BCUT2D eigenvalue weighted by molar-refractivity contribution is 5.79. The molecule has 1 heterocycles. The summed E-state index contributed by atoms with van der Waals surface area (Å²) in [6.07, 6.45) is 2.14. The number of nitrogens with one attached hydrogen (secondary N) is 2. The molecule has 1 unspecified atom stereocenters. The Labute approximate surface area is 151 Å². The lowest BCUT2D eigenvalue weighted by molar-refractivity contribution is 0.354. The molecule has 1 atom stereocenters. The summed E-state index contributed by atoms with van der Waals surface area (Å²) in [4.78, 5) is 7.12. The van der Waals surface area contributed by atoms with E-state index in [9.17, 15) is 0 Å². The molecule has 1 aliphatic rings. The van der Waals surface area contributed by atoms with Gasteiger partial charge in [-0.15, -0.1) is 0 Å². The Morgan fingerprint density at radius 1 is 1.24 bits per heavy atom. The van der Waals surface area contributed by atoms with Crippen LogP contribution in [0.5, 0.6) is 11.5 Å². The third kappa shape index (κ3) is 6.12. The highest BCUT2D eigenvalue weighted by Gasteiger charge is 2.18. The highest BCUT2D eigenvalue weighted by atomic mass is 16.5. The van der Waals surface area contributed by atoms with Gasteiger partial charge in [-0.3, -0.25) is 4.99 Å². The smallest absolute Gasteiger partial charge is 0.191 e. The zero-order valence-electron chi connectivity index (χ0n) is 16.0. The molecule has 0 radical (unpaired) electrons. The van der Waals surface area contributed by atoms with Crippen molar-refractivity contribution in [1.82, 2.24) is 15.5 Å². The minimum absolute atomic E-state index is 0.673. The van der Waals surface area contributed by atoms with Gasteiger partial charge in [-0.25, -0.2) is 0 Å². The van der Waals surface area contributed by atoms with Crippen molar-refractivity contribution in [3.8, 4) is 11.5 Å². The van der Waals surface area contributed by atoms with E-state index < -0.39 is 0 Å². The van der Waals surface area contributed by atoms with Crippen LogP contribution in [0.15, 0.2) is 23.2 Å². The van der Waals surface area contributed by atoms with E-state index in [1.54, 1.807) is 14.2 Å². The molecule has 6 heteroatoms. The van der Waals surface area contributed by atoms with Gasteiger partial charge in [0, 0.05) is 26.2 Å². The minimum atomic E-state index is 0.673. The van der Waals surface area contributed by atoms with Gasteiger partial charge in [-0.05, 0) is 57.0 Å². The van der Waals surface area contributed by atoms with Crippen LogP contribution in [0.2, 0.25) is 0 Å². The molecule has 140 valence electrons. The van der Waals surface area contributed by atoms with Crippen LogP contribution in [0.25, 0.3) is 0 Å². The maximum atomic E-state index is 5.36. The summed E-state index contributed by atoms with van der Waals surface area (Å²) in [5.41, 5.74) is 1.21. The molecule has 0 spiro atoms. The van der Waals surface area contributed by atoms with Crippen LogP contribution in [-0.4, -0.2) is 64.9 Å². The molecule has 1 aliphatic heterocycles. The number of nitrogens with zero attached hydrogens (tertiary/aromatic N) is 2. The van der Waals surface area contributed by atoms with Crippen LogP contribution in [0, 0.1) is 5.92 Å². The maximum Gasteiger partial charge on any atom is 0.191 e. The topological polar surface area (TPSA) is 58.1 Å². The van der Waals surface area contributed by atoms with Gasteiger partial charge in [0.15, 0.2) is 17.5 Å². The number of aliphatic imine (C=N–C) groups is 1. The summed E-state index contributed by atoms with van der Waals surface area (Å²) in [5, 5.41) is 6.75. The molecule has 1 fully saturated rings. The third-order valence-electron chi connectivity index (χ3n) is 4.49. The Balaban J connectivity index is 1.84. The number of ether oxygens (including phenoxy) is 2. The first-order chi connectivity index (χ1) is 12.2. The van der Waals surface area contributed by atoms with Crippen LogP contribution in [0.1, 0.15) is 18.9 Å². The number of rotatable bonds is 8. The van der Waals surface area contributed by atoms with Crippen LogP contribution in [0.3, 0.4) is 0 Å². The lowest BCUT2D eigenvalue weighted by atomic mass is 10.1. The van der Waals surface area contributed by atoms with Gasteiger partial charge in [-0.1, -0.05) is 6.07 Å². The molecular weight excluding hydrogens is 316 g/mol. The number of hydrogen-bond acceptors (Lipinski definition) is 4. The first-order valence-corrected chi connectivity index (χ1v) is 9.07. The van der Waals surface area contributed by atoms with Crippen molar-refractivity contribution in [3.63, 3.8) is 0 Å². The second-order valence-electron chi connectivity index (χ2n) is 6.50. The normalized spacial score (nSPS) is 18.2. The standard InChI is InChI=1S/C19H32N4O2/c1-5-20-19(22-13-16-9-11-23(2)14-16)21-10-8-15-6-7-17(24-3)18(12-15)25-4/h6-7,12,16H,5,8-11,13-14H2,1-4H3,(H2,20,21,22). The van der Waals surface area contributed by atoms with Crippen molar-refractivity contribution in [2.24, 2.45) is 10.9 Å². The summed E-state index contributed by atoms with van der Waals surface area (Å²) in [6.45, 7) is 7.00. The molecular formula is C19H32N4O2. The van der Waals surface area contributed by atoms with E-state index in [0.29, 0.717) is 5.92 Å². The van der Waals surface area contributed by atoms with Gasteiger partial charge >= 0.3 is 0 Å². The van der Waals surface area contributed by atoms with Crippen molar-refractivity contribution in [2.45, 2.75) is 19.8 Å². The Bertz CT molecular complexity index is 562. The lowest BCUT2D eigenvalue weighted by Gasteiger charge is -2.14. The fourth-order valence-electron chi connectivity index (χ4n) is 3.10. The van der Waals surface area contributed by atoms with E-state index >= 15 is 0 Å². The Morgan fingerprint density at radius 3 is 2.68 bits per heavy atom. The fraction of sp³-hybridized carbons (Fsp3) is 0.632. The summed E-state index contributed by atoms with van der Waals surface area (Å²) in [7, 11) is 5.49. The van der Waals surface area contributed by atoms with Crippen LogP contribution < -0.4 is 20.1 Å². The molecule has 0 bridgehead atoms. The summed E-state index contributed by atoms with van der Waals surface area (Å²) >= 11 is 0. The van der Waals surface area contributed by atoms with E-state index in [4.69, 9.17) is 14.5 Å². The summed E-state index contributed by atoms with van der Waals surface area (Å²) < 4.78 is 10.6. The van der Waals surface area contributed by atoms with Crippen LogP contribution in [0.4, 0.5) is 0 Å². The largest absolute Gasteiger partial charge is 0.493 e. The van der Waals surface area contributed by atoms with E-state index in [-0.39, 0.29) is 0 Å². The molecule has 2 rings (SSSR count). The minimum Gasteiger partial charge on any atom is -0.493 e. The van der Waals surface area contributed by atoms with E-state index in [0.717, 1.165) is 50.1 Å². The van der Waals surface area contributed by atoms with Crippen molar-refractivity contribution >= 4 is 5.96 Å². The van der Waals surface area contributed by atoms with E-state index in [1.165, 1.54) is 18.5 Å². The molecule has 0 amide bonds. The predicted molar refractivity (Wildman–Crippen MR) is 103 cm³/mol. The summed E-state index contributed by atoms with van der Waals surface area (Å²) in [6, 6.07) is 6.05. The van der Waals surface area contributed by atoms with E-state index in [1.807, 2.05) is 12.1 Å². The van der Waals surface area contributed by atoms with E-state index in [2.05, 4.69) is 35.6 Å². The average Bonchev–Trinajstić information content (AvgIpc) is 3.04. The molecule has 25 heavy (non-hydrogen) atoms. The first kappa shape index (κ1) is 19.4. The number of guanidine groups is 1. The van der Waals surface area contributed by atoms with Crippen molar-refractivity contribution < 1.29 is 9.47 Å². The van der Waals surface area contributed by atoms with Gasteiger partial charge in [0.1, 0.15) is 0 Å². The SMILES string of the molecule is CCNC(=NCC1CCN(C)C1)NCCc1ccc(OC)c(OC)c1. The zero-order valence-corrected chi connectivity index (χ0v) is 16.0. The molecule has 1 aromatic carbocycles. The molecule has 0 saturated carbocycles. The Hall–Kier alpha value is -1.95. The molecule has 1 aromatic rings. The molecule has 0 aliphatic carbocycles. The maximum absolute atomic E-state index is 5.36. The Morgan fingerprint density at radius 2 is 2.04 bits per heavy atom. The van der Waals surface area contributed by atoms with Crippen molar-refractivity contribution in [2.75, 3.05) is 54.0 Å². The quantitative estimate of drug-likeness (QED) is 0.554. The second-order valence-corrected chi connectivity index (χ2v) is 6.50. The fourth-order valence-corrected chi connectivity index (χ4v) is 3.10. The number of hydrogen-bond donors (Lipinski definition) is 2. The molecule has 6 nitrogen and oxygen atoms in total. The van der Waals surface area contributed by atoms with Gasteiger partial charge in [0.2, 0.25) is 0 Å². The molecule has 1 saturated heterocycles. The Kier molecular flexibility index (Phi) is 7.85. The number of benzene rings is 1. The highest BCUT2D eigenvalue weighted by Crippen LogP contribution is 2.27. The van der Waals surface area contributed by atoms with Gasteiger partial charge < -0.3 is 25.0 Å². The third-order valence-corrected chi connectivity index (χ3v) is 4.49. The molecule has 2 N–H and O–H groups in total. The van der Waals surface area contributed by atoms with Gasteiger partial charge in [0.25, 0.3) is 0 Å². The van der Waals surface area contributed by atoms with Crippen LogP contribution in [-0.2, 0) is 6.42 Å². The average molecular weight is 348 g/mol. The van der Waals surface area contributed by atoms with Crippen LogP contribution >= 0.6 is 0 Å². The van der Waals surface area contributed by atoms with Crippen molar-refractivity contribution in [3.05, 3.63) is 23.8 Å². The number of methoxy groups -OCH3 is 2. The second kappa shape index (κ2) is 10.1. The number of likely N-dealkylation sites (tertiary alicyclic amines) is 1. The van der Waals surface area contributed by atoms with Crippen molar-refractivity contribution in [1.29, 1.82) is 0 Å².